The summed E-state index contributed by atoms with van der Waals surface area (Å²) in [7, 11) is 0. The van der Waals surface area contributed by atoms with Crippen molar-refractivity contribution < 1.29 is 32.3 Å². The number of benzene rings is 2. The van der Waals surface area contributed by atoms with E-state index in [4.69, 9.17) is 0 Å². The SMILES string of the molecule is CC(C)(C)N1CC(c2ccc(F)cc2F)[C@H](C(=O)O)C1.CSCC1(C2CCCCC2)CC2CCC(C1)N2.CSCC1(C2CCCCC2)CC2CCC(C1)N2C(=O)[C@@H]1CN(C(C)(C)C)C[C@H]1c1ccc(F)cc1F.Cl. The number of hydrogen-bond donors (Lipinski definition) is 2. The van der Waals surface area contributed by atoms with Gasteiger partial charge in [-0.25, -0.2) is 17.6 Å². The first kappa shape index (κ1) is 59.6. The second kappa shape index (κ2) is 25.0. The average molecular weight is 1090 g/mol. The number of thioether (sulfide) groups is 2. The predicted molar refractivity (Wildman–Crippen MR) is 300 cm³/mol. The van der Waals surface area contributed by atoms with Crippen LogP contribution in [0.15, 0.2) is 36.4 Å². The third-order valence-electron chi connectivity index (χ3n) is 19.5. The van der Waals surface area contributed by atoms with E-state index in [1.807, 2.05) is 37.4 Å². The van der Waals surface area contributed by atoms with E-state index in [-0.39, 0.29) is 46.8 Å². The second-order valence-corrected chi connectivity index (χ2v) is 27.8. The van der Waals surface area contributed by atoms with Gasteiger partial charge in [-0.05, 0) is 189 Å². The van der Waals surface area contributed by atoms with Gasteiger partial charge in [0, 0.05) is 85.4 Å². The zero-order chi connectivity index (χ0) is 52.5. The van der Waals surface area contributed by atoms with E-state index in [1.165, 1.54) is 120 Å². The lowest BCUT2D eigenvalue weighted by Crippen LogP contribution is -2.55. The maximum absolute atomic E-state index is 15.0. The van der Waals surface area contributed by atoms with Gasteiger partial charge in [0.2, 0.25) is 5.91 Å². The van der Waals surface area contributed by atoms with Crippen molar-refractivity contribution in [2.45, 2.75) is 204 Å². The Labute approximate surface area is 457 Å². The lowest BCUT2D eigenvalue weighted by atomic mass is 9.63. The number of halogens is 5. The summed E-state index contributed by atoms with van der Waals surface area (Å²) in [6, 6.07) is 9.58. The van der Waals surface area contributed by atoms with Crippen LogP contribution < -0.4 is 5.32 Å². The molecule has 6 aliphatic heterocycles. The Morgan fingerprint density at radius 3 is 1.39 bits per heavy atom. The van der Waals surface area contributed by atoms with Gasteiger partial charge >= 0.3 is 5.97 Å². The quantitative estimate of drug-likeness (QED) is 0.228. The molecule has 14 heteroatoms. The summed E-state index contributed by atoms with van der Waals surface area (Å²) >= 11 is 4.09. The molecule has 6 saturated heterocycles. The van der Waals surface area contributed by atoms with Crippen molar-refractivity contribution in [2.24, 2.45) is 34.5 Å². The van der Waals surface area contributed by atoms with Crippen LogP contribution in [0.1, 0.15) is 180 Å². The molecule has 0 aromatic heterocycles. The van der Waals surface area contributed by atoms with Crippen LogP contribution in [0.5, 0.6) is 0 Å². The van der Waals surface area contributed by atoms with Crippen LogP contribution in [0, 0.1) is 57.8 Å². The fourth-order valence-electron chi connectivity index (χ4n) is 15.8. The van der Waals surface area contributed by atoms with E-state index in [2.05, 4.69) is 60.2 Å². The molecule has 8 fully saturated rings. The van der Waals surface area contributed by atoms with Crippen molar-refractivity contribution in [3.05, 3.63) is 70.8 Å². The lowest BCUT2D eigenvalue weighted by molar-refractivity contribution is -0.144. The highest BCUT2D eigenvalue weighted by Gasteiger charge is 2.55. The highest BCUT2D eigenvalue weighted by molar-refractivity contribution is 7.98. The molecular weight excluding hydrogens is 1000 g/mol. The molecule has 10 rings (SSSR count). The minimum Gasteiger partial charge on any atom is -0.481 e. The monoisotopic (exact) mass is 1090 g/mol. The van der Waals surface area contributed by atoms with Gasteiger partial charge in [0.05, 0.1) is 11.8 Å². The van der Waals surface area contributed by atoms with Crippen molar-refractivity contribution in [1.82, 2.24) is 20.0 Å². The Kier molecular flexibility index (Phi) is 20.1. The number of carboxylic acids is 1. The van der Waals surface area contributed by atoms with Crippen LogP contribution in [0.2, 0.25) is 0 Å². The number of aliphatic carboxylic acids is 1. The first-order valence-electron chi connectivity index (χ1n) is 28.3. The van der Waals surface area contributed by atoms with Gasteiger partial charge in [0.25, 0.3) is 0 Å². The van der Waals surface area contributed by atoms with Gasteiger partial charge in [0.15, 0.2) is 0 Å². The van der Waals surface area contributed by atoms with Crippen LogP contribution in [-0.2, 0) is 9.59 Å². The lowest BCUT2D eigenvalue weighted by Gasteiger charge is -2.52. The van der Waals surface area contributed by atoms with Gasteiger partial charge in [-0.2, -0.15) is 23.5 Å². The number of amides is 1. The summed E-state index contributed by atoms with van der Waals surface area (Å²) in [6.45, 7) is 14.6. The maximum Gasteiger partial charge on any atom is 0.308 e. The molecule has 6 heterocycles. The molecule has 5 unspecified atom stereocenters. The number of likely N-dealkylation sites (tertiary alicyclic amines) is 2. The molecular formula is C60H91ClF4N4O3S2. The molecule has 7 nitrogen and oxygen atoms in total. The molecule has 8 atom stereocenters. The van der Waals surface area contributed by atoms with E-state index < -0.39 is 41.1 Å². The molecule has 1 amide bonds. The van der Waals surface area contributed by atoms with Crippen LogP contribution >= 0.6 is 35.9 Å². The number of piperidine rings is 2. The van der Waals surface area contributed by atoms with E-state index in [0.717, 1.165) is 61.7 Å². The van der Waals surface area contributed by atoms with Crippen molar-refractivity contribution in [3.63, 3.8) is 0 Å². The zero-order valence-electron chi connectivity index (χ0n) is 46.1. The number of carbonyl (C=O) groups is 2. The third kappa shape index (κ3) is 13.3. The first-order valence-corrected chi connectivity index (χ1v) is 31.1. The summed E-state index contributed by atoms with van der Waals surface area (Å²) in [6.07, 6.45) is 29.2. The fraction of sp³-hybridized carbons (Fsp3) is 0.767. The third-order valence-corrected chi connectivity index (χ3v) is 21.2. The van der Waals surface area contributed by atoms with Crippen LogP contribution in [0.25, 0.3) is 0 Å². The Hall–Kier alpha value is -2.03. The Balaban J connectivity index is 0.000000177. The van der Waals surface area contributed by atoms with E-state index in [9.17, 15) is 32.3 Å². The number of nitrogens with one attached hydrogen (secondary N) is 1. The van der Waals surface area contributed by atoms with E-state index in [1.54, 1.807) is 6.07 Å². The predicted octanol–water partition coefficient (Wildman–Crippen LogP) is 14.0. The Morgan fingerprint density at radius 2 is 1.00 bits per heavy atom. The van der Waals surface area contributed by atoms with Crippen molar-refractivity contribution >= 4 is 47.8 Å². The van der Waals surface area contributed by atoms with Crippen molar-refractivity contribution in [3.8, 4) is 0 Å². The topological polar surface area (TPSA) is 76.1 Å². The Morgan fingerprint density at radius 1 is 0.595 bits per heavy atom. The molecule has 74 heavy (non-hydrogen) atoms. The highest BCUT2D eigenvalue weighted by Crippen LogP contribution is 2.56. The van der Waals surface area contributed by atoms with Crippen molar-refractivity contribution in [2.75, 3.05) is 50.2 Å². The molecule has 2 N–H and O–H groups in total. The molecule has 0 spiro atoms. The summed E-state index contributed by atoms with van der Waals surface area (Å²) in [5.74, 6) is -0.306. The molecule has 416 valence electrons. The van der Waals surface area contributed by atoms with Crippen LogP contribution in [0.3, 0.4) is 0 Å². The minimum atomic E-state index is -0.939. The number of rotatable bonds is 10. The number of carbonyl (C=O) groups excluding carboxylic acids is 1. The molecule has 2 aliphatic carbocycles. The second-order valence-electron chi connectivity index (χ2n) is 26.1. The largest absolute Gasteiger partial charge is 0.481 e. The van der Waals surface area contributed by atoms with Gasteiger partial charge in [-0.3, -0.25) is 19.4 Å². The normalized spacial score (nSPS) is 32.8. The van der Waals surface area contributed by atoms with Crippen LogP contribution in [0.4, 0.5) is 17.6 Å². The van der Waals surface area contributed by atoms with Gasteiger partial charge in [-0.15, -0.1) is 12.4 Å². The smallest absolute Gasteiger partial charge is 0.308 e. The molecule has 2 saturated carbocycles. The molecule has 2 aromatic carbocycles. The molecule has 4 bridgehead atoms. The van der Waals surface area contributed by atoms with Gasteiger partial charge < -0.3 is 15.3 Å². The summed E-state index contributed by atoms with van der Waals surface area (Å²) in [5.41, 5.74) is 1.54. The summed E-state index contributed by atoms with van der Waals surface area (Å²) < 4.78 is 55.6. The standard InChI is InChI=1S/C30H44F2N2OS.C15H19F2NO2.C15H27NS.ClH/c1-29(2,3)33-17-25(24-13-10-21(31)14-27(24)32)26(18-33)28(35)34-22-11-12-23(34)16-30(15-22,19-36-4)20-8-6-5-7-9-20;1-15(2,3)18-7-11(12(8-18)14(19)20)10-5-4-9(16)6-13(10)17;1-17-11-15(12-5-3-2-4-6-12)9-13-7-8-14(10-15)16-13;/h10,13-14,20,22-23,25-26H,5-9,11-12,15-19H2,1-4H3;4-6,11-12H,7-8H2,1-3H3,(H,19,20);12-14,16H,2-11H2,1H3;1H/t22?,23?,25-,26+,30?;11?,12-;;/m01../s1. The van der Waals surface area contributed by atoms with Crippen LogP contribution in [-0.4, -0.2) is 117 Å². The zero-order valence-corrected chi connectivity index (χ0v) is 48.5. The molecule has 0 radical (unpaired) electrons. The van der Waals surface area contributed by atoms with Gasteiger partial charge in [-0.1, -0.05) is 50.7 Å². The summed E-state index contributed by atoms with van der Waals surface area (Å²) in [5, 5.41) is 13.2. The molecule has 2 aromatic rings. The minimum absolute atomic E-state index is 0. The Bertz CT molecular complexity index is 2170. The first-order chi connectivity index (χ1) is 34.6. The number of hydrogen-bond acceptors (Lipinski definition) is 7. The fourth-order valence-corrected chi connectivity index (χ4v) is 17.9. The van der Waals surface area contributed by atoms with E-state index >= 15 is 0 Å². The van der Waals surface area contributed by atoms with E-state index in [0.29, 0.717) is 54.7 Å². The van der Waals surface area contributed by atoms with Crippen molar-refractivity contribution in [1.29, 1.82) is 0 Å². The maximum atomic E-state index is 15.0. The average Bonchev–Trinajstić information content (AvgIpc) is 4.14. The number of fused-ring (bicyclic) bond motifs is 4. The number of carboxylic acid groups (broad SMARTS) is 1. The highest BCUT2D eigenvalue weighted by atomic mass is 35.5. The number of nitrogens with zero attached hydrogens (tertiary/aromatic N) is 3. The van der Waals surface area contributed by atoms with Gasteiger partial charge in [0.1, 0.15) is 23.3 Å². The molecule has 8 aliphatic rings. The summed E-state index contributed by atoms with van der Waals surface area (Å²) in [4.78, 5) is 32.3.